The van der Waals surface area contributed by atoms with Gasteiger partial charge in [0.15, 0.2) is 6.10 Å². The van der Waals surface area contributed by atoms with Crippen LogP contribution in [0.25, 0.3) is 0 Å². The van der Waals surface area contributed by atoms with Crippen LogP contribution in [0.3, 0.4) is 0 Å². The van der Waals surface area contributed by atoms with E-state index in [4.69, 9.17) is 4.74 Å². The van der Waals surface area contributed by atoms with E-state index in [2.05, 4.69) is 12.2 Å². The lowest BCUT2D eigenvalue weighted by Crippen LogP contribution is -2.38. The van der Waals surface area contributed by atoms with Crippen molar-refractivity contribution < 1.29 is 9.53 Å². The molecular weight excluding hydrogens is 226 g/mol. The first kappa shape index (κ1) is 14.6. The molecule has 18 heavy (non-hydrogen) atoms. The van der Waals surface area contributed by atoms with Gasteiger partial charge in [0, 0.05) is 6.54 Å². The molecule has 1 amide bonds. The number of unbranched alkanes of at least 4 members (excludes halogenated alkanes) is 1. The van der Waals surface area contributed by atoms with Gasteiger partial charge in [-0.25, -0.2) is 0 Å². The summed E-state index contributed by atoms with van der Waals surface area (Å²) in [5.41, 5.74) is 1.18. The standard InChI is InChI=1S/C15H23NO2/c1-4-6-11-16-15(17)14(5-2)18-13-9-7-12(3)8-10-13/h7-10,14H,4-6,11H2,1-3H3,(H,16,17)/t14-/m1/s1. The average Bonchev–Trinajstić information content (AvgIpc) is 2.38. The Labute approximate surface area is 110 Å². The van der Waals surface area contributed by atoms with E-state index in [1.807, 2.05) is 38.1 Å². The minimum Gasteiger partial charge on any atom is -0.481 e. The van der Waals surface area contributed by atoms with Gasteiger partial charge in [-0.05, 0) is 31.9 Å². The van der Waals surface area contributed by atoms with E-state index in [0.29, 0.717) is 6.42 Å². The van der Waals surface area contributed by atoms with Crippen molar-refractivity contribution in [2.75, 3.05) is 6.54 Å². The van der Waals surface area contributed by atoms with E-state index in [1.165, 1.54) is 5.56 Å². The first-order valence-electron chi connectivity index (χ1n) is 6.68. The quantitative estimate of drug-likeness (QED) is 0.754. The molecule has 0 bridgehead atoms. The molecule has 0 aliphatic rings. The second kappa shape index (κ2) is 7.75. The Kier molecular flexibility index (Phi) is 6.26. The predicted molar refractivity (Wildman–Crippen MR) is 73.8 cm³/mol. The Morgan fingerprint density at radius 3 is 2.50 bits per heavy atom. The third kappa shape index (κ3) is 4.78. The number of amides is 1. The van der Waals surface area contributed by atoms with Crippen molar-refractivity contribution in [3.05, 3.63) is 29.8 Å². The normalized spacial score (nSPS) is 11.9. The molecular formula is C15H23NO2. The highest BCUT2D eigenvalue weighted by Crippen LogP contribution is 2.14. The maximum absolute atomic E-state index is 11.9. The molecule has 1 aromatic rings. The molecule has 0 aliphatic carbocycles. The summed E-state index contributed by atoms with van der Waals surface area (Å²) < 4.78 is 5.70. The van der Waals surface area contributed by atoms with Crippen LogP contribution in [0.15, 0.2) is 24.3 Å². The third-order valence-electron chi connectivity index (χ3n) is 2.79. The zero-order valence-corrected chi connectivity index (χ0v) is 11.5. The number of hydrogen-bond acceptors (Lipinski definition) is 2. The van der Waals surface area contributed by atoms with Gasteiger partial charge in [0.05, 0.1) is 0 Å². The van der Waals surface area contributed by atoms with Gasteiger partial charge in [-0.2, -0.15) is 0 Å². The Morgan fingerprint density at radius 2 is 1.94 bits per heavy atom. The highest BCUT2D eigenvalue weighted by molar-refractivity contribution is 5.81. The highest BCUT2D eigenvalue weighted by atomic mass is 16.5. The van der Waals surface area contributed by atoms with Gasteiger partial charge >= 0.3 is 0 Å². The molecule has 0 radical (unpaired) electrons. The molecule has 0 aliphatic heterocycles. The topological polar surface area (TPSA) is 38.3 Å². The number of carbonyl (C=O) groups excluding carboxylic acids is 1. The summed E-state index contributed by atoms with van der Waals surface area (Å²) in [6.45, 7) is 6.81. The van der Waals surface area contributed by atoms with Crippen LogP contribution in [0.2, 0.25) is 0 Å². The largest absolute Gasteiger partial charge is 0.481 e. The molecule has 0 heterocycles. The number of carbonyl (C=O) groups is 1. The summed E-state index contributed by atoms with van der Waals surface area (Å²) in [5.74, 6) is 0.726. The molecule has 1 N–H and O–H groups in total. The van der Waals surface area contributed by atoms with Crippen molar-refractivity contribution >= 4 is 5.91 Å². The molecule has 1 rings (SSSR count). The zero-order chi connectivity index (χ0) is 13.4. The molecule has 0 spiro atoms. The third-order valence-corrected chi connectivity index (χ3v) is 2.79. The molecule has 0 unspecified atom stereocenters. The predicted octanol–water partition coefficient (Wildman–Crippen LogP) is 3.07. The summed E-state index contributed by atoms with van der Waals surface area (Å²) in [4.78, 5) is 11.9. The van der Waals surface area contributed by atoms with E-state index in [9.17, 15) is 4.79 Å². The summed E-state index contributed by atoms with van der Waals surface area (Å²) >= 11 is 0. The number of benzene rings is 1. The smallest absolute Gasteiger partial charge is 0.261 e. The zero-order valence-electron chi connectivity index (χ0n) is 11.5. The average molecular weight is 249 g/mol. The van der Waals surface area contributed by atoms with Gasteiger partial charge in [-0.15, -0.1) is 0 Å². The van der Waals surface area contributed by atoms with Crippen LogP contribution in [-0.4, -0.2) is 18.6 Å². The molecule has 0 fully saturated rings. The summed E-state index contributed by atoms with van der Waals surface area (Å²) in [6.07, 6.45) is 2.36. The van der Waals surface area contributed by atoms with Crippen LogP contribution in [-0.2, 0) is 4.79 Å². The van der Waals surface area contributed by atoms with Gasteiger partial charge in [0.2, 0.25) is 0 Å². The number of aryl methyl sites for hydroxylation is 1. The molecule has 0 saturated carbocycles. The van der Waals surface area contributed by atoms with Gasteiger partial charge in [-0.1, -0.05) is 38.0 Å². The summed E-state index contributed by atoms with van der Waals surface area (Å²) in [7, 11) is 0. The monoisotopic (exact) mass is 249 g/mol. The SMILES string of the molecule is CCCCNC(=O)[C@@H](CC)Oc1ccc(C)cc1. The van der Waals surface area contributed by atoms with Crippen LogP contribution >= 0.6 is 0 Å². The maximum atomic E-state index is 11.9. The maximum Gasteiger partial charge on any atom is 0.261 e. The minimum absolute atomic E-state index is 0.0217. The number of rotatable bonds is 7. The van der Waals surface area contributed by atoms with Gasteiger partial charge in [0.1, 0.15) is 5.75 Å². The van der Waals surface area contributed by atoms with Gasteiger partial charge in [0.25, 0.3) is 5.91 Å². The van der Waals surface area contributed by atoms with Crippen LogP contribution < -0.4 is 10.1 Å². The van der Waals surface area contributed by atoms with Gasteiger partial charge < -0.3 is 10.1 Å². The fourth-order valence-electron chi connectivity index (χ4n) is 1.61. The van der Waals surface area contributed by atoms with Crippen LogP contribution in [0.1, 0.15) is 38.7 Å². The van der Waals surface area contributed by atoms with Gasteiger partial charge in [-0.3, -0.25) is 4.79 Å². The molecule has 3 heteroatoms. The van der Waals surface area contributed by atoms with E-state index >= 15 is 0 Å². The van der Waals surface area contributed by atoms with Crippen LogP contribution in [0.4, 0.5) is 0 Å². The van der Waals surface area contributed by atoms with Crippen molar-refractivity contribution in [2.24, 2.45) is 0 Å². The molecule has 3 nitrogen and oxygen atoms in total. The van der Waals surface area contributed by atoms with Crippen molar-refractivity contribution in [3.63, 3.8) is 0 Å². The van der Waals surface area contributed by atoms with Crippen molar-refractivity contribution in [1.29, 1.82) is 0 Å². The highest BCUT2D eigenvalue weighted by Gasteiger charge is 2.17. The lowest BCUT2D eigenvalue weighted by Gasteiger charge is -2.17. The summed E-state index contributed by atoms with van der Waals surface area (Å²) in [5, 5.41) is 2.90. The van der Waals surface area contributed by atoms with Crippen LogP contribution in [0.5, 0.6) is 5.75 Å². The van der Waals surface area contributed by atoms with E-state index in [0.717, 1.165) is 25.1 Å². The number of nitrogens with one attached hydrogen (secondary N) is 1. The second-order valence-electron chi connectivity index (χ2n) is 4.47. The Bertz CT molecular complexity index is 359. The molecule has 0 aromatic heterocycles. The first-order valence-corrected chi connectivity index (χ1v) is 6.68. The number of hydrogen-bond donors (Lipinski definition) is 1. The van der Waals surface area contributed by atoms with E-state index in [1.54, 1.807) is 0 Å². The Morgan fingerprint density at radius 1 is 1.28 bits per heavy atom. The molecule has 0 saturated heterocycles. The van der Waals surface area contributed by atoms with Crippen molar-refractivity contribution in [3.8, 4) is 5.75 Å². The Hall–Kier alpha value is -1.51. The minimum atomic E-state index is -0.399. The van der Waals surface area contributed by atoms with E-state index < -0.39 is 6.10 Å². The molecule has 1 aromatic carbocycles. The first-order chi connectivity index (χ1) is 8.67. The van der Waals surface area contributed by atoms with E-state index in [-0.39, 0.29) is 5.91 Å². The fourth-order valence-corrected chi connectivity index (χ4v) is 1.61. The molecule has 100 valence electrons. The summed E-state index contributed by atoms with van der Waals surface area (Å²) in [6, 6.07) is 7.77. The van der Waals surface area contributed by atoms with Crippen molar-refractivity contribution in [1.82, 2.24) is 5.32 Å². The fraction of sp³-hybridized carbons (Fsp3) is 0.533. The second-order valence-corrected chi connectivity index (χ2v) is 4.47. The Balaban J connectivity index is 2.50. The number of ether oxygens (including phenoxy) is 1. The lowest BCUT2D eigenvalue weighted by molar-refractivity contribution is -0.128. The van der Waals surface area contributed by atoms with Crippen LogP contribution in [0, 0.1) is 6.92 Å². The van der Waals surface area contributed by atoms with Crippen molar-refractivity contribution in [2.45, 2.75) is 46.1 Å². The molecule has 1 atom stereocenters. The lowest BCUT2D eigenvalue weighted by atomic mass is 10.2.